The topological polar surface area (TPSA) is 90.6 Å². The molecule has 0 aliphatic carbocycles. The lowest BCUT2D eigenvalue weighted by Gasteiger charge is -2.21. The third-order valence-electron chi connectivity index (χ3n) is 5.50. The molecule has 0 radical (unpaired) electrons. The molecule has 0 spiro atoms. The van der Waals surface area contributed by atoms with E-state index in [0.29, 0.717) is 15.6 Å². The lowest BCUT2D eigenvalue weighted by molar-refractivity contribution is -0.129. The molecule has 0 bridgehead atoms. The van der Waals surface area contributed by atoms with Gasteiger partial charge in [0, 0.05) is 14.1 Å². The number of hydrogen-bond donors (Lipinski definition) is 1. The molecule has 6 nitrogen and oxygen atoms in total. The van der Waals surface area contributed by atoms with Crippen molar-refractivity contribution >= 4 is 58.3 Å². The molecule has 0 aliphatic rings. The van der Waals surface area contributed by atoms with Crippen LogP contribution in [0.1, 0.15) is 33.0 Å². The van der Waals surface area contributed by atoms with Crippen LogP contribution in [0.15, 0.2) is 91.0 Å². The minimum atomic E-state index is -1.16. The molecule has 1 amide bonds. The number of carboxylic acids is 1. The van der Waals surface area contributed by atoms with E-state index in [4.69, 9.17) is 61.5 Å². The average molecular weight is 632 g/mol. The normalized spacial score (nSPS) is 9.83. The number of hydrogen-bond acceptors (Lipinski definition) is 4. The summed E-state index contributed by atoms with van der Waals surface area (Å²) in [5, 5.41) is 18.4. The third-order valence-corrected chi connectivity index (χ3v) is 6.75. The maximum Gasteiger partial charge on any atom is 0.341 e. The number of halogens is 4. The van der Waals surface area contributed by atoms with Crippen LogP contribution in [-0.2, 0) is 4.79 Å². The van der Waals surface area contributed by atoms with Gasteiger partial charge < -0.3 is 14.7 Å². The summed E-state index contributed by atoms with van der Waals surface area (Å²) in [6, 6.07) is 29.5. The minimum absolute atomic E-state index is 0.0849. The van der Waals surface area contributed by atoms with E-state index in [1.807, 2.05) is 66.7 Å². The summed E-state index contributed by atoms with van der Waals surface area (Å²) in [7, 11) is 4.92. The lowest BCUT2D eigenvalue weighted by atomic mass is 9.90. The molecule has 0 aromatic heterocycles. The highest BCUT2D eigenvalue weighted by molar-refractivity contribution is 6.37. The van der Waals surface area contributed by atoms with Crippen LogP contribution < -0.4 is 4.74 Å². The van der Waals surface area contributed by atoms with Gasteiger partial charge in [0.25, 0.3) is 0 Å². The zero-order valence-electron chi connectivity index (χ0n) is 22.3. The number of nitrogens with zero attached hydrogens (tertiary/aromatic N) is 2. The number of carboxylic acid groups (broad SMARTS) is 1. The molecule has 0 saturated carbocycles. The van der Waals surface area contributed by atoms with Gasteiger partial charge in [0.05, 0.1) is 38.7 Å². The summed E-state index contributed by atoms with van der Waals surface area (Å²) in [4.78, 5) is 24.7. The van der Waals surface area contributed by atoms with Gasteiger partial charge in [-0.2, -0.15) is 5.26 Å². The number of ether oxygens (including phenoxy) is 1. The summed E-state index contributed by atoms with van der Waals surface area (Å²) >= 11 is 22.6. The van der Waals surface area contributed by atoms with E-state index in [1.54, 1.807) is 37.2 Å². The van der Waals surface area contributed by atoms with Crippen molar-refractivity contribution in [2.45, 2.75) is 5.92 Å². The molecule has 0 atom stereocenters. The Kier molecular flexibility index (Phi) is 13.5. The Morgan fingerprint density at radius 2 is 1.22 bits per heavy atom. The number of likely N-dealkylation sites (N-methyl/N-ethyl adjacent to an activating group) is 1. The first-order chi connectivity index (χ1) is 19.5. The van der Waals surface area contributed by atoms with E-state index >= 15 is 0 Å². The fourth-order valence-electron chi connectivity index (χ4n) is 3.56. The molecule has 212 valence electrons. The van der Waals surface area contributed by atoms with Crippen molar-refractivity contribution in [2.75, 3.05) is 21.2 Å². The lowest BCUT2D eigenvalue weighted by Crippen LogP contribution is -2.28. The molecule has 4 aromatic rings. The highest BCUT2D eigenvalue weighted by Crippen LogP contribution is 2.33. The zero-order chi connectivity index (χ0) is 30.5. The fourth-order valence-corrected chi connectivity index (χ4v) is 4.51. The maximum atomic E-state index is 12.4. The van der Waals surface area contributed by atoms with Crippen molar-refractivity contribution in [1.29, 1.82) is 5.26 Å². The SMILES string of the molecule is CN(C)C(=O)C(c1ccccc1)c1ccccc1.COc1c(Cl)ccc(Cl)c1C(=O)O.N#Cc1c(Cl)cccc1Cl. The highest BCUT2D eigenvalue weighted by Gasteiger charge is 2.23. The molecular formula is C31H26Cl4N2O4. The number of carbonyl (C=O) groups is 2. The Bertz CT molecular complexity index is 1450. The van der Waals surface area contributed by atoms with E-state index in [1.165, 1.54) is 19.2 Å². The van der Waals surface area contributed by atoms with Crippen molar-refractivity contribution in [1.82, 2.24) is 4.90 Å². The number of aromatic carboxylic acids is 1. The first-order valence-electron chi connectivity index (χ1n) is 11.9. The summed E-state index contributed by atoms with van der Waals surface area (Å²) < 4.78 is 4.82. The predicted molar refractivity (Wildman–Crippen MR) is 165 cm³/mol. The van der Waals surface area contributed by atoms with Gasteiger partial charge >= 0.3 is 5.97 Å². The molecule has 41 heavy (non-hydrogen) atoms. The molecule has 0 heterocycles. The van der Waals surface area contributed by atoms with Gasteiger partial charge in [-0.1, -0.05) is 113 Å². The Labute approximate surface area is 259 Å². The second-order valence-corrected chi connectivity index (χ2v) is 10.1. The monoisotopic (exact) mass is 630 g/mol. The van der Waals surface area contributed by atoms with Crippen LogP contribution in [0.2, 0.25) is 20.1 Å². The zero-order valence-corrected chi connectivity index (χ0v) is 25.3. The summed E-state index contributed by atoms with van der Waals surface area (Å²) in [5.74, 6) is -1.19. The molecular weight excluding hydrogens is 606 g/mol. The van der Waals surface area contributed by atoms with E-state index in [0.717, 1.165) is 11.1 Å². The van der Waals surface area contributed by atoms with Gasteiger partial charge in [-0.25, -0.2) is 4.79 Å². The summed E-state index contributed by atoms with van der Waals surface area (Å²) in [6.45, 7) is 0. The van der Waals surface area contributed by atoms with Crippen LogP contribution in [-0.4, -0.2) is 43.1 Å². The van der Waals surface area contributed by atoms with Crippen molar-refractivity contribution in [3.05, 3.63) is 133 Å². The van der Waals surface area contributed by atoms with Crippen molar-refractivity contribution < 1.29 is 19.4 Å². The molecule has 4 aromatic carbocycles. The number of carbonyl (C=O) groups excluding carboxylic acids is 1. The van der Waals surface area contributed by atoms with Gasteiger partial charge in [0.15, 0.2) is 5.75 Å². The smallest absolute Gasteiger partial charge is 0.341 e. The van der Waals surface area contributed by atoms with Crippen molar-refractivity contribution in [2.24, 2.45) is 0 Å². The third kappa shape index (κ3) is 9.41. The molecule has 1 N–H and O–H groups in total. The van der Waals surface area contributed by atoms with Crippen LogP contribution in [0.3, 0.4) is 0 Å². The van der Waals surface area contributed by atoms with Gasteiger partial charge in [0.1, 0.15) is 11.6 Å². The molecule has 0 saturated heterocycles. The quantitative estimate of drug-likeness (QED) is 0.239. The maximum absolute atomic E-state index is 12.4. The highest BCUT2D eigenvalue weighted by atomic mass is 35.5. The van der Waals surface area contributed by atoms with E-state index in [-0.39, 0.29) is 33.2 Å². The van der Waals surface area contributed by atoms with Gasteiger partial charge in [-0.15, -0.1) is 0 Å². The second kappa shape index (κ2) is 16.5. The molecule has 0 unspecified atom stereocenters. The summed E-state index contributed by atoms with van der Waals surface area (Å²) in [6.07, 6.45) is 0. The number of benzene rings is 4. The van der Waals surface area contributed by atoms with Crippen LogP contribution in [0.25, 0.3) is 0 Å². The Morgan fingerprint density at radius 1 is 0.756 bits per heavy atom. The number of amides is 1. The first-order valence-corrected chi connectivity index (χ1v) is 13.4. The van der Waals surface area contributed by atoms with E-state index < -0.39 is 5.97 Å². The molecule has 0 aliphatic heterocycles. The van der Waals surface area contributed by atoms with Gasteiger partial charge in [-0.3, -0.25) is 4.79 Å². The molecule has 10 heteroatoms. The predicted octanol–water partition coefficient (Wildman–Crippen LogP) is 8.47. The van der Waals surface area contributed by atoms with Gasteiger partial charge in [-0.05, 0) is 35.4 Å². The fraction of sp³-hybridized carbons (Fsp3) is 0.129. The number of nitriles is 1. The van der Waals surface area contributed by atoms with E-state index in [2.05, 4.69) is 0 Å². The Balaban J connectivity index is 0.000000226. The van der Waals surface area contributed by atoms with Crippen LogP contribution >= 0.6 is 46.4 Å². The van der Waals surface area contributed by atoms with Crippen molar-refractivity contribution in [3.63, 3.8) is 0 Å². The number of rotatable bonds is 5. The van der Waals surface area contributed by atoms with Gasteiger partial charge in [0.2, 0.25) is 5.91 Å². The standard InChI is InChI=1S/C16H17NO.C8H6Cl2O3.C7H3Cl2N/c1-17(2)16(18)15(13-9-5-3-6-10-13)14-11-7-4-8-12-14;1-13-7-5(10)3-2-4(9)6(7)8(11)12;8-6-2-1-3-7(9)5(6)4-10/h3-12,15H,1-2H3;2-3H,1H3,(H,11,12);1-3H. The van der Waals surface area contributed by atoms with Crippen LogP contribution in [0, 0.1) is 11.3 Å². The number of methoxy groups -OCH3 is 1. The first kappa shape index (κ1) is 33.5. The van der Waals surface area contributed by atoms with Crippen molar-refractivity contribution in [3.8, 4) is 11.8 Å². The van der Waals surface area contributed by atoms with Crippen LogP contribution in [0.5, 0.6) is 5.75 Å². The second-order valence-electron chi connectivity index (χ2n) is 8.44. The molecule has 0 fully saturated rings. The Hall–Kier alpha value is -3.73. The Morgan fingerprint density at radius 3 is 1.56 bits per heavy atom. The largest absolute Gasteiger partial charge is 0.494 e. The average Bonchev–Trinajstić information content (AvgIpc) is 2.96. The van der Waals surface area contributed by atoms with E-state index in [9.17, 15) is 9.59 Å². The molecule has 4 rings (SSSR count). The van der Waals surface area contributed by atoms with Crippen LogP contribution in [0.4, 0.5) is 0 Å². The summed E-state index contributed by atoms with van der Waals surface area (Å²) in [5.41, 5.74) is 2.28. The minimum Gasteiger partial charge on any atom is -0.494 e.